The summed E-state index contributed by atoms with van der Waals surface area (Å²) in [4.78, 5) is 16.7. The first-order valence-corrected chi connectivity index (χ1v) is 7.96. The zero-order valence-electron chi connectivity index (χ0n) is 13.6. The monoisotopic (exact) mass is 302 g/mol. The van der Waals surface area contributed by atoms with Crippen LogP contribution in [0.15, 0.2) is 36.9 Å². The fourth-order valence-electron chi connectivity index (χ4n) is 2.98. The van der Waals surface area contributed by atoms with Gasteiger partial charge in [0.25, 0.3) is 0 Å². The first-order chi connectivity index (χ1) is 10.7. The van der Waals surface area contributed by atoms with Crippen LogP contribution in [0.25, 0.3) is 0 Å². The SMILES string of the molecule is C=CC(=O)N(Cc1ccc(OC)cc1)C1CCN(CC)CC1. The number of benzene rings is 1. The van der Waals surface area contributed by atoms with Crippen LogP contribution in [0.3, 0.4) is 0 Å². The quantitative estimate of drug-likeness (QED) is 0.758. The van der Waals surface area contributed by atoms with Crippen molar-refractivity contribution in [1.82, 2.24) is 9.80 Å². The standard InChI is InChI=1S/C18H26N2O2/c1-4-18(21)20(16-10-12-19(5-2)13-11-16)14-15-6-8-17(22-3)9-7-15/h4,6-9,16H,1,5,10-14H2,2-3H3. The Balaban J connectivity index is 2.06. The number of carbonyl (C=O) groups is 1. The molecule has 1 aliphatic heterocycles. The van der Waals surface area contributed by atoms with Gasteiger partial charge in [0.1, 0.15) is 5.75 Å². The molecule has 0 aromatic heterocycles. The van der Waals surface area contributed by atoms with Crippen LogP contribution in [0.4, 0.5) is 0 Å². The second kappa shape index (κ2) is 7.99. The number of hydrogen-bond acceptors (Lipinski definition) is 3. The lowest BCUT2D eigenvalue weighted by Gasteiger charge is -2.38. The van der Waals surface area contributed by atoms with E-state index in [1.807, 2.05) is 29.2 Å². The Bertz CT molecular complexity index is 490. The number of likely N-dealkylation sites (tertiary alicyclic amines) is 1. The number of ether oxygens (including phenoxy) is 1. The normalized spacial score (nSPS) is 16.3. The number of nitrogens with zero attached hydrogens (tertiary/aromatic N) is 2. The van der Waals surface area contributed by atoms with E-state index in [1.165, 1.54) is 6.08 Å². The van der Waals surface area contributed by atoms with Crippen LogP contribution < -0.4 is 4.74 Å². The molecule has 0 atom stereocenters. The van der Waals surface area contributed by atoms with Crippen LogP contribution in [-0.4, -0.2) is 48.5 Å². The molecule has 1 aliphatic rings. The molecule has 0 radical (unpaired) electrons. The van der Waals surface area contributed by atoms with Crippen LogP contribution >= 0.6 is 0 Å². The zero-order chi connectivity index (χ0) is 15.9. The highest BCUT2D eigenvalue weighted by Gasteiger charge is 2.26. The highest BCUT2D eigenvalue weighted by atomic mass is 16.5. The molecular formula is C18H26N2O2. The molecule has 1 aromatic rings. The molecule has 0 spiro atoms. The van der Waals surface area contributed by atoms with Crippen molar-refractivity contribution in [3.05, 3.63) is 42.5 Å². The van der Waals surface area contributed by atoms with Crippen molar-refractivity contribution in [3.8, 4) is 5.75 Å². The van der Waals surface area contributed by atoms with Crippen LogP contribution in [0.2, 0.25) is 0 Å². The summed E-state index contributed by atoms with van der Waals surface area (Å²) in [7, 11) is 1.66. The fourth-order valence-corrected chi connectivity index (χ4v) is 2.98. The number of piperidine rings is 1. The van der Waals surface area contributed by atoms with Crippen LogP contribution in [-0.2, 0) is 11.3 Å². The van der Waals surface area contributed by atoms with Gasteiger partial charge in [-0.05, 0) is 43.2 Å². The number of hydrogen-bond donors (Lipinski definition) is 0. The molecule has 0 unspecified atom stereocenters. The summed E-state index contributed by atoms with van der Waals surface area (Å²) >= 11 is 0. The maximum atomic E-state index is 12.3. The van der Waals surface area contributed by atoms with Crippen LogP contribution in [0, 0.1) is 0 Å². The first kappa shape index (κ1) is 16.6. The summed E-state index contributed by atoms with van der Waals surface area (Å²) in [6.07, 6.45) is 3.49. The van der Waals surface area contributed by atoms with Crippen molar-refractivity contribution in [2.75, 3.05) is 26.7 Å². The second-order valence-electron chi connectivity index (χ2n) is 5.68. The van der Waals surface area contributed by atoms with Gasteiger partial charge in [0, 0.05) is 25.7 Å². The molecule has 0 saturated carbocycles. The second-order valence-corrected chi connectivity index (χ2v) is 5.68. The molecule has 1 aromatic carbocycles. The van der Waals surface area contributed by atoms with Crippen LogP contribution in [0.5, 0.6) is 5.75 Å². The third-order valence-electron chi connectivity index (χ3n) is 4.41. The van der Waals surface area contributed by atoms with Gasteiger partial charge in [-0.1, -0.05) is 25.6 Å². The summed E-state index contributed by atoms with van der Waals surface area (Å²) in [6.45, 7) is 9.67. The molecule has 22 heavy (non-hydrogen) atoms. The third-order valence-corrected chi connectivity index (χ3v) is 4.41. The first-order valence-electron chi connectivity index (χ1n) is 7.96. The lowest BCUT2D eigenvalue weighted by atomic mass is 10.0. The Labute approximate surface area is 133 Å². The van der Waals surface area contributed by atoms with E-state index in [4.69, 9.17) is 4.74 Å². The van der Waals surface area contributed by atoms with Crippen molar-refractivity contribution < 1.29 is 9.53 Å². The number of carbonyl (C=O) groups excluding carboxylic acids is 1. The molecular weight excluding hydrogens is 276 g/mol. The lowest BCUT2D eigenvalue weighted by molar-refractivity contribution is -0.130. The van der Waals surface area contributed by atoms with Gasteiger partial charge in [-0.25, -0.2) is 0 Å². The number of rotatable bonds is 6. The predicted octanol–water partition coefficient (Wildman–Crippen LogP) is 2.69. The molecule has 4 heteroatoms. The van der Waals surface area contributed by atoms with E-state index in [0.29, 0.717) is 12.6 Å². The Morgan fingerprint density at radius 2 is 2.00 bits per heavy atom. The van der Waals surface area contributed by atoms with E-state index >= 15 is 0 Å². The summed E-state index contributed by atoms with van der Waals surface area (Å²) in [5.41, 5.74) is 1.12. The largest absolute Gasteiger partial charge is 0.497 e. The summed E-state index contributed by atoms with van der Waals surface area (Å²) in [6, 6.07) is 8.21. The molecule has 4 nitrogen and oxygen atoms in total. The van der Waals surface area contributed by atoms with Gasteiger partial charge in [0.2, 0.25) is 5.91 Å². The minimum atomic E-state index is 0.0192. The van der Waals surface area contributed by atoms with E-state index in [1.54, 1.807) is 7.11 Å². The molecule has 1 heterocycles. The van der Waals surface area contributed by atoms with Crippen molar-refractivity contribution in [1.29, 1.82) is 0 Å². The Hall–Kier alpha value is -1.81. The molecule has 0 bridgehead atoms. The predicted molar refractivity (Wildman–Crippen MR) is 88.9 cm³/mol. The van der Waals surface area contributed by atoms with Gasteiger partial charge < -0.3 is 14.5 Å². The van der Waals surface area contributed by atoms with E-state index in [2.05, 4.69) is 18.4 Å². The van der Waals surface area contributed by atoms with Gasteiger partial charge >= 0.3 is 0 Å². The minimum Gasteiger partial charge on any atom is -0.497 e. The number of methoxy groups -OCH3 is 1. The van der Waals surface area contributed by atoms with Crippen molar-refractivity contribution >= 4 is 5.91 Å². The Morgan fingerprint density at radius 1 is 1.36 bits per heavy atom. The van der Waals surface area contributed by atoms with E-state index in [0.717, 1.165) is 43.8 Å². The smallest absolute Gasteiger partial charge is 0.246 e. The van der Waals surface area contributed by atoms with E-state index < -0.39 is 0 Å². The maximum absolute atomic E-state index is 12.3. The van der Waals surface area contributed by atoms with Gasteiger partial charge in [-0.2, -0.15) is 0 Å². The maximum Gasteiger partial charge on any atom is 0.246 e. The molecule has 0 N–H and O–H groups in total. The Kier molecular flexibility index (Phi) is 6.01. The van der Waals surface area contributed by atoms with Gasteiger partial charge in [-0.3, -0.25) is 4.79 Å². The fraction of sp³-hybridized carbons (Fsp3) is 0.500. The molecule has 1 amide bonds. The molecule has 2 rings (SSSR count). The molecule has 120 valence electrons. The lowest BCUT2D eigenvalue weighted by Crippen LogP contribution is -2.46. The molecule has 0 aliphatic carbocycles. The van der Waals surface area contributed by atoms with Gasteiger partial charge in [-0.15, -0.1) is 0 Å². The molecule has 1 fully saturated rings. The van der Waals surface area contributed by atoms with E-state index in [9.17, 15) is 4.79 Å². The minimum absolute atomic E-state index is 0.0192. The van der Waals surface area contributed by atoms with Gasteiger partial charge in [0.15, 0.2) is 0 Å². The van der Waals surface area contributed by atoms with Crippen molar-refractivity contribution in [2.45, 2.75) is 32.4 Å². The topological polar surface area (TPSA) is 32.8 Å². The summed E-state index contributed by atoms with van der Waals surface area (Å²) in [5, 5.41) is 0. The van der Waals surface area contributed by atoms with Crippen molar-refractivity contribution in [2.24, 2.45) is 0 Å². The third kappa shape index (κ3) is 4.10. The highest BCUT2D eigenvalue weighted by Crippen LogP contribution is 2.20. The molecule has 1 saturated heterocycles. The zero-order valence-corrected chi connectivity index (χ0v) is 13.6. The Morgan fingerprint density at radius 3 is 2.50 bits per heavy atom. The average Bonchev–Trinajstić information content (AvgIpc) is 2.59. The van der Waals surface area contributed by atoms with Gasteiger partial charge in [0.05, 0.1) is 7.11 Å². The number of amides is 1. The van der Waals surface area contributed by atoms with Crippen LogP contribution in [0.1, 0.15) is 25.3 Å². The average molecular weight is 302 g/mol. The summed E-state index contributed by atoms with van der Waals surface area (Å²) in [5.74, 6) is 0.854. The van der Waals surface area contributed by atoms with E-state index in [-0.39, 0.29) is 5.91 Å². The summed E-state index contributed by atoms with van der Waals surface area (Å²) < 4.78 is 5.18. The van der Waals surface area contributed by atoms with Crippen molar-refractivity contribution in [3.63, 3.8) is 0 Å². The highest BCUT2D eigenvalue weighted by molar-refractivity contribution is 5.87.